The maximum absolute atomic E-state index is 13.2. The lowest BCUT2D eigenvalue weighted by Gasteiger charge is -2.24. The average Bonchev–Trinajstić information content (AvgIpc) is 2.78. The molecule has 4 aromatic rings. The monoisotopic (exact) mass is 419 g/mol. The van der Waals surface area contributed by atoms with Gasteiger partial charge in [-0.2, -0.15) is 0 Å². The van der Waals surface area contributed by atoms with Gasteiger partial charge in [0.25, 0.3) is 0 Å². The first-order valence-corrected chi connectivity index (χ1v) is 10.2. The lowest BCUT2D eigenvalue weighted by atomic mass is 9.93. The Labute approximate surface area is 179 Å². The Bertz CT molecular complexity index is 1290. The van der Waals surface area contributed by atoms with Crippen LogP contribution in [0.1, 0.15) is 17.5 Å². The van der Waals surface area contributed by atoms with Crippen molar-refractivity contribution in [1.29, 1.82) is 0 Å². The zero-order valence-electron chi connectivity index (χ0n) is 17.3. The lowest BCUT2D eigenvalue weighted by Crippen LogP contribution is -2.47. The second-order valence-electron chi connectivity index (χ2n) is 8.02. The molecule has 0 amide bonds. The Kier molecular flexibility index (Phi) is 5.78. The van der Waals surface area contributed by atoms with E-state index in [0.717, 1.165) is 11.1 Å². The van der Waals surface area contributed by atoms with E-state index in [1.807, 2.05) is 37.3 Å². The summed E-state index contributed by atoms with van der Waals surface area (Å²) in [7, 11) is 0. The molecule has 4 N–H and O–H groups in total. The van der Waals surface area contributed by atoms with Gasteiger partial charge in [0.2, 0.25) is 5.43 Å². The van der Waals surface area contributed by atoms with E-state index in [4.69, 9.17) is 14.9 Å². The summed E-state index contributed by atoms with van der Waals surface area (Å²) >= 11 is 0. The summed E-state index contributed by atoms with van der Waals surface area (Å²) in [6.45, 7) is 1.36. The van der Waals surface area contributed by atoms with Crippen molar-refractivity contribution in [3.05, 3.63) is 82.0 Å². The molecule has 0 radical (unpaired) electrons. The predicted octanol–water partition coefficient (Wildman–Crippen LogP) is 3.66. The maximum Gasteiger partial charge on any atom is 0.200 e. The zero-order chi connectivity index (χ0) is 22.0. The van der Waals surface area contributed by atoms with Crippen LogP contribution in [0.2, 0.25) is 0 Å². The number of fused-ring (bicyclic) bond motifs is 2. The first-order valence-electron chi connectivity index (χ1n) is 10.2. The molecule has 0 atom stereocenters. The van der Waals surface area contributed by atoms with E-state index in [-0.39, 0.29) is 18.6 Å². The van der Waals surface area contributed by atoms with E-state index < -0.39 is 5.54 Å². The van der Waals surface area contributed by atoms with Crippen LogP contribution in [0.25, 0.3) is 21.9 Å². The molecule has 0 bridgehead atoms. The summed E-state index contributed by atoms with van der Waals surface area (Å²) in [6.07, 6.45) is 0.903. The second kappa shape index (κ2) is 8.51. The van der Waals surface area contributed by atoms with Crippen molar-refractivity contribution in [2.24, 2.45) is 5.73 Å². The van der Waals surface area contributed by atoms with E-state index >= 15 is 0 Å². The van der Waals surface area contributed by atoms with E-state index in [1.54, 1.807) is 30.3 Å². The SMILES string of the molecule is Cc1cccc(Oc2ccc3oc4ccc(CCC(N)(CO)CO)cc4c(=O)c3c2)c1. The third kappa shape index (κ3) is 4.46. The Morgan fingerprint density at radius 3 is 2.32 bits per heavy atom. The smallest absolute Gasteiger partial charge is 0.200 e. The number of aliphatic hydroxyl groups is 2. The number of aliphatic hydroxyl groups excluding tert-OH is 2. The number of hydrogen-bond donors (Lipinski definition) is 3. The topological polar surface area (TPSA) is 106 Å². The summed E-state index contributed by atoms with van der Waals surface area (Å²) in [5, 5.41) is 19.7. The van der Waals surface area contributed by atoms with Gasteiger partial charge in [-0.1, -0.05) is 18.2 Å². The van der Waals surface area contributed by atoms with Crippen molar-refractivity contribution in [3.63, 3.8) is 0 Å². The average molecular weight is 419 g/mol. The van der Waals surface area contributed by atoms with Gasteiger partial charge in [-0.25, -0.2) is 0 Å². The van der Waals surface area contributed by atoms with Crippen LogP contribution >= 0.6 is 0 Å². The lowest BCUT2D eigenvalue weighted by molar-refractivity contribution is 0.115. The highest BCUT2D eigenvalue weighted by Gasteiger charge is 2.22. The quantitative estimate of drug-likeness (QED) is 0.395. The summed E-state index contributed by atoms with van der Waals surface area (Å²) in [6, 6.07) is 18.3. The summed E-state index contributed by atoms with van der Waals surface area (Å²) in [4.78, 5) is 13.2. The Morgan fingerprint density at radius 2 is 1.61 bits per heavy atom. The fraction of sp³-hybridized carbons (Fsp3) is 0.240. The Morgan fingerprint density at radius 1 is 0.935 bits per heavy atom. The minimum Gasteiger partial charge on any atom is -0.457 e. The molecule has 3 aromatic carbocycles. The van der Waals surface area contributed by atoms with Gasteiger partial charge in [0.05, 0.1) is 29.5 Å². The van der Waals surface area contributed by atoms with Gasteiger partial charge in [0.1, 0.15) is 22.7 Å². The highest BCUT2D eigenvalue weighted by molar-refractivity contribution is 5.90. The number of hydrogen-bond acceptors (Lipinski definition) is 6. The van der Waals surface area contributed by atoms with E-state index in [2.05, 4.69) is 0 Å². The third-order valence-electron chi connectivity index (χ3n) is 5.47. The molecular weight excluding hydrogens is 394 g/mol. The molecule has 4 rings (SSSR count). The molecule has 0 aliphatic heterocycles. The molecule has 0 aliphatic carbocycles. The molecule has 1 aromatic heterocycles. The van der Waals surface area contributed by atoms with Crippen molar-refractivity contribution >= 4 is 21.9 Å². The molecule has 0 saturated carbocycles. The van der Waals surface area contributed by atoms with Crippen LogP contribution < -0.4 is 15.9 Å². The third-order valence-corrected chi connectivity index (χ3v) is 5.47. The van der Waals surface area contributed by atoms with Gasteiger partial charge < -0.3 is 25.1 Å². The van der Waals surface area contributed by atoms with E-state index in [9.17, 15) is 15.0 Å². The van der Waals surface area contributed by atoms with Crippen molar-refractivity contribution in [1.82, 2.24) is 0 Å². The summed E-state index contributed by atoms with van der Waals surface area (Å²) < 4.78 is 11.9. The van der Waals surface area contributed by atoms with Crippen molar-refractivity contribution in [2.45, 2.75) is 25.3 Å². The van der Waals surface area contributed by atoms with Crippen LogP contribution in [0, 0.1) is 6.92 Å². The van der Waals surface area contributed by atoms with Crippen LogP contribution in [0.5, 0.6) is 11.5 Å². The van der Waals surface area contributed by atoms with Crippen LogP contribution in [-0.2, 0) is 6.42 Å². The molecule has 6 heteroatoms. The molecule has 0 fully saturated rings. The number of rotatable bonds is 7. The standard InChI is InChI=1S/C25H25NO5/c1-16-3-2-4-18(11-16)30-19-6-8-23-21(13-19)24(29)20-12-17(5-7-22(20)31-23)9-10-25(26,14-27)15-28/h2-8,11-13,27-28H,9-10,14-15,26H2,1H3. The fourth-order valence-corrected chi connectivity index (χ4v) is 3.52. The first kappa shape index (κ1) is 21.1. The molecule has 1 heterocycles. The zero-order valence-corrected chi connectivity index (χ0v) is 17.3. The predicted molar refractivity (Wildman–Crippen MR) is 121 cm³/mol. The van der Waals surface area contributed by atoms with Gasteiger partial charge >= 0.3 is 0 Å². The molecule has 6 nitrogen and oxygen atoms in total. The minimum absolute atomic E-state index is 0.142. The molecule has 0 spiro atoms. The van der Waals surface area contributed by atoms with Gasteiger partial charge in [-0.3, -0.25) is 4.79 Å². The molecule has 0 aliphatic rings. The van der Waals surface area contributed by atoms with E-state index in [1.165, 1.54) is 0 Å². The van der Waals surface area contributed by atoms with E-state index in [0.29, 0.717) is 46.3 Å². The molecular formula is C25H25NO5. The summed E-state index contributed by atoms with van der Waals surface area (Å²) in [5.74, 6) is 1.25. The van der Waals surface area contributed by atoms with Crippen LogP contribution in [0.15, 0.2) is 69.9 Å². The number of benzene rings is 3. The van der Waals surface area contributed by atoms with Crippen molar-refractivity contribution in [3.8, 4) is 11.5 Å². The molecule has 31 heavy (non-hydrogen) atoms. The largest absolute Gasteiger partial charge is 0.457 e. The van der Waals surface area contributed by atoms with Crippen molar-refractivity contribution in [2.75, 3.05) is 13.2 Å². The molecule has 0 unspecified atom stereocenters. The molecule has 160 valence electrons. The van der Waals surface area contributed by atoms with Gasteiger partial charge in [-0.15, -0.1) is 0 Å². The highest BCUT2D eigenvalue weighted by atomic mass is 16.5. The van der Waals surface area contributed by atoms with Crippen molar-refractivity contribution < 1.29 is 19.4 Å². The van der Waals surface area contributed by atoms with Crippen LogP contribution in [-0.4, -0.2) is 29.0 Å². The molecule has 0 saturated heterocycles. The maximum atomic E-state index is 13.2. The Hall–Kier alpha value is -3.19. The first-order chi connectivity index (χ1) is 14.9. The van der Waals surface area contributed by atoms with Gasteiger partial charge in [0.15, 0.2) is 0 Å². The van der Waals surface area contributed by atoms with Gasteiger partial charge in [0, 0.05) is 0 Å². The minimum atomic E-state index is -1.05. The summed E-state index contributed by atoms with van der Waals surface area (Å²) in [5.41, 5.74) is 7.71. The number of aryl methyl sites for hydroxylation is 2. The second-order valence-corrected chi connectivity index (χ2v) is 8.02. The van der Waals surface area contributed by atoms with Crippen LogP contribution in [0.3, 0.4) is 0 Å². The highest BCUT2D eigenvalue weighted by Crippen LogP contribution is 2.27. The number of ether oxygens (including phenoxy) is 1. The van der Waals surface area contributed by atoms with Crippen LogP contribution in [0.4, 0.5) is 0 Å². The fourth-order valence-electron chi connectivity index (χ4n) is 3.52. The Balaban J connectivity index is 1.69. The normalized spacial score (nSPS) is 11.9. The van der Waals surface area contributed by atoms with Gasteiger partial charge in [-0.05, 0) is 73.4 Å². The number of nitrogens with two attached hydrogens (primary N) is 1.